The third kappa shape index (κ3) is 17.4. The zero-order chi connectivity index (χ0) is 36.3. The number of carbonyl (C=O) groups excluding carboxylic acids is 3. The van der Waals surface area contributed by atoms with Crippen LogP contribution < -0.4 is 21.9 Å². The zero-order valence-electron chi connectivity index (χ0n) is 27.3. The summed E-state index contributed by atoms with van der Waals surface area (Å²) in [5.41, 5.74) is 11.6. The maximum absolute atomic E-state index is 12.9. The number of rotatable bonds is 22. The first-order valence-electron chi connectivity index (χ1n) is 16.0. The van der Waals surface area contributed by atoms with Crippen LogP contribution in [-0.4, -0.2) is 142 Å². The molecule has 0 heterocycles. The van der Waals surface area contributed by atoms with Crippen molar-refractivity contribution in [2.45, 2.75) is 51.1 Å². The van der Waals surface area contributed by atoms with Gasteiger partial charge in [-0.25, -0.2) is 0 Å². The molecule has 1 aromatic rings. The molecule has 9 N–H and O–H groups in total. The normalized spacial score (nSPS) is 14.0. The molecule has 3 amide bonds. The van der Waals surface area contributed by atoms with E-state index < -0.39 is 73.8 Å². The largest absolute Gasteiger partial charge is 0.480 e. The first-order chi connectivity index (χ1) is 23.2. The van der Waals surface area contributed by atoms with E-state index >= 15 is 0 Å². The fraction of sp³-hybridized carbons (Fsp3) is 0.581. The molecule has 1 atom stereocenters. The number of carboxylic acid groups (broad SMARTS) is 4. The third-order valence-corrected chi connectivity index (χ3v) is 7.92. The molecule has 0 bridgehead atoms. The molecule has 18 nitrogen and oxygen atoms in total. The number of carboxylic acids is 4. The molecule has 1 aliphatic carbocycles. The van der Waals surface area contributed by atoms with Gasteiger partial charge in [0.1, 0.15) is 0 Å². The lowest BCUT2D eigenvalue weighted by atomic mass is 9.85. The number of hydrogen-bond acceptors (Lipinski definition) is 11. The first kappa shape index (κ1) is 40.5. The van der Waals surface area contributed by atoms with Crippen LogP contribution in [0.5, 0.6) is 0 Å². The number of nitrogens with one attached hydrogen (secondary N) is 3. The first-order valence-corrected chi connectivity index (χ1v) is 16.0. The van der Waals surface area contributed by atoms with Gasteiger partial charge in [-0.3, -0.25) is 59.1 Å². The molecule has 1 aliphatic rings. The number of hydrazine groups is 1. The Bertz CT molecular complexity index is 1220. The van der Waals surface area contributed by atoms with Crippen LogP contribution in [0.2, 0.25) is 0 Å². The Morgan fingerprint density at radius 1 is 0.673 bits per heavy atom. The van der Waals surface area contributed by atoms with Crippen LogP contribution in [0.1, 0.15) is 54.4 Å². The van der Waals surface area contributed by atoms with Crippen molar-refractivity contribution in [3.05, 3.63) is 35.4 Å². The minimum Gasteiger partial charge on any atom is -0.480 e. The maximum atomic E-state index is 12.9. The number of nitrogens with zero attached hydrogens (tertiary/aromatic N) is 3. The molecule has 49 heavy (non-hydrogen) atoms. The molecule has 18 heteroatoms. The van der Waals surface area contributed by atoms with Gasteiger partial charge in [0.25, 0.3) is 11.8 Å². The van der Waals surface area contributed by atoms with E-state index in [1.54, 1.807) is 12.1 Å². The highest BCUT2D eigenvalue weighted by Crippen LogP contribution is 2.26. The zero-order valence-corrected chi connectivity index (χ0v) is 27.3. The molecule has 1 unspecified atom stereocenters. The van der Waals surface area contributed by atoms with Crippen LogP contribution in [0.25, 0.3) is 0 Å². The lowest BCUT2D eigenvalue weighted by Crippen LogP contribution is -2.49. The number of aliphatic carboxylic acids is 4. The minimum absolute atomic E-state index is 0.0216. The highest BCUT2D eigenvalue weighted by atomic mass is 16.4. The Hall–Kier alpha value is -4.65. The van der Waals surface area contributed by atoms with Crippen molar-refractivity contribution in [3.8, 4) is 0 Å². The standard InChI is InChI=1S/C31H47N7O11/c32-24(14-21-4-2-1-3-5-21)31(49)35-34-30(48)23-8-6-22(7-9-23)15-33-25(39)16-36(10-12-37(17-26(40)41)18-27(42)43)11-13-38(19-28(44)45)20-29(46)47/h6-9,21,24H,1-5,10-20,32H2,(H,33,39)(H,34,48)(H,35,49)(H,40,41)(H,42,43)(H,44,45)(H,46,47). The highest BCUT2D eigenvalue weighted by molar-refractivity contribution is 5.95. The van der Waals surface area contributed by atoms with E-state index in [9.17, 15) is 33.6 Å². The quantitative estimate of drug-likeness (QED) is 0.0649. The number of carbonyl (C=O) groups is 7. The van der Waals surface area contributed by atoms with Crippen LogP contribution >= 0.6 is 0 Å². The van der Waals surface area contributed by atoms with E-state index in [4.69, 9.17) is 26.2 Å². The Labute approximate surface area is 283 Å². The lowest BCUT2D eigenvalue weighted by molar-refractivity contribution is -0.143. The van der Waals surface area contributed by atoms with Gasteiger partial charge in [0.2, 0.25) is 5.91 Å². The summed E-state index contributed by atoms with van der Waals surface area (Å²) in [5.74, 6) is -6.09. The summed E-state index contributed by atoms with van der Waals surface area (Å²) in [6, 6.07) is 5.50. The van der Waals surface area contributed by atoms with Crippen molar-refractivity contribution in [3.63, 3.8) is 0 Å². The SMILES string of the molecule is NC(CC1CCCCC1)C(=O)NNC(=O)c1ccc(CNC(=O)CN(CCN(CC(=O)O)CC(=O)O)CCN(CC(=O)O)CC(=O)O)cc1. The monoisotopic (exact) mass is 693 g/mol. The Morgan fingerprint density at radius 3 is 1.61 bits per heavy atom. The van der Waals surface area contributed by atoms with Crippen molar-refractivity contribution in [2.75, 3.05) is 58.9 Å². The molecule has 1 saturated carbocycles. The summed E-state index contributed by atoms with van der Waals surface area (Å²) in [7, 11) is 0. The predicted octanol–water partition coefficient (Wildman–Crippen LogP) is -1.39. The van der Waals surface area contributed by atoms with Gasteiger partial charge >= 0.3 is 23.9 Å². The van der Waals surface area contributed by atoms with Crippen molar-refractivity contribution < 1.29 is 54.0 Å². The molecule has 1 fully saturated rings. The summed E-state index contributed by atoms with van der Waals surface area (Å²) >= 11 is 0. The fourth-order valence-electron chi connectivity index (χ4n) is 5.43. The molecule has 0 saturated heterocycles. The van der Waals surface area contributed by atoms with Crippen LogP contribution in [-0.2, 0) is 35.3 Å². The summed E-state index contributed by atoms with van der Waals surface area (Å²) in [4.78, 5) is 86.3. The molecule has 272 valence electrons. The van der Waals surface area contributed by atoms with Gasteiger partial charge in [-0.1, -0.05) is 44.2 Å². The number of hydrogen-bond donors (Lipinski definition) is 8. The molecule has 0 spiro atoms. The van der Waals surface area contributed by atoms with Crippen LogP contribution in [0.3, 0.4) is 0 Å². The molecule has 1 aromatic carbocycles. The number of nitrogens with two attached hydrogens (primary N) is 1. The number of benzene rings is 1. The van der Waals surface area contributed by atoms with Gasteiger partial charge in [-0.2, -0.15) is 0 Å². The van der Waals surface area contributed by atoms with Crippen LogP contribution in [0.4, 0.5) is 0 Å². The molecular formula is C31H47N7O11. The van der Waals surface area contributed by atoms with Crippen molar-refractivity contribution in [1.82, 2.24) is 30.9 Å². The molecule has 2 rings (SSSR count). The van der Waals surface area contributed by atoms with Gasteiger partial charge in [0.05, 0.1) is 38.8 Å². The summed E-state index contributed by atoms with van der Waals surface area (Å²) in [6.45, 7) is -2.51. The van der Waals surface area contributed by atoms with Gasteiger partial charge in [0.15, 0.2) is 0 Å². The van der Waals surface area contributed by atoms with E-state index in [-0.39, 0.29) is 44.8 Å². The lowest BCUT2D eigenvalue weighted by Gasteiger charge is -2.28. The second-order valence-corrected chi connectivity index (χ2v) is 12.0. The minimum atomic E-state index is -1.25. The van der Waals surface area contributed by atoms with Crippen LogP contribution in [0, 0.1) is 5.92 Å². The van der Waals surface area contributed by atoms with Crippen molar-refractivity contribution in [2.24, 2.45) is 11.7 Å². The average Bonchev–Trinajstić information content (AvgIpc) is 3.03. The molecular weight excluding hydrogens is 646 g/mol. The van der Waals surface area contributed by atoms with E-state index in [0.29, 0.717) is 17.9 Å². The fourth-order valence-corrected chi connectivity index (χ4v) is 5.43. The van der Waals surface area contributed by atoms with E-state index in [1.807, 2.05) is 0 Å². The van der Waals surface area contributed by atoms with Crippen molar-refractivity contribution >= 4 is 41.6 Å². The average molecular weight is 694 g/mol. The number of amides is 3. The van der Waals surface area contributed by atoms with E-state index in [1.165, 1.54) is 23.5 Å². The van der Waals surface area contributed by atoms with E-state index in [0.717, 1.165) is 35.5 Å². The maximum Gasteiger partial charge on any atom is 0.317 e. The summed E-state index contributed by atoms with van der Waals surface area (Å²) < 4.78 is 0. The van der Waals surface area contributed by atoms with E-state index in [2.05, 4.69) is 16.2 Å². The highest BCUT2D eigenvalue weighted by Gasteiger charge is 2.22. The van der Waals surface area contributed by atoms with Gasteiger partial charge in [-0.15, -0.1) is 0 Å². The smallest absolute Gasteiger partial charge is 0.317 e. The summed E-state index contributed by atoms with van der Waals surface area (Å²) in [6.07, 6.45) is 6.10. The third-order valence-electron chi connectivity index (χ3n) is 7.92. The van der Waals surface area contributed by atoms with Crippen molar-refractivity contribution in [1.29, 1.82) is 0 Å². The topological polar surface area (TPSA) is 272 Å². The Balaban J connectivity index is 1.93. The Morgan fingerprint density at radius 2 is 1.14 bits per heavy atom. The molecule has 0 radical (unpaired) electrons. The molecule has 0 aliphatic heterocycles. The second-order valence-electron chi connectivity index (χ2n) is 12.0. The predicted molar refractivity (Wildman–Crippen MR) is 173 cm³/mol. The van der Waals surface area contributed by atoms with Gasteiger partial charge < -0.3 is 31.5 Å². The van der Waals surface area contributed by atoms with Gasteiger partial charge in [-0.05, 0) is 30.0 Å². The molecule has 0 aromatic heterocycles. The second kappa shape index (κ2) is 21.3. The Kier molecular flexibility index (Phi) is 17.7. The van der Waals surface area contributed by atoms with Crippen LogP contribution in [0.15, 0.2) is 24.3 Å². The summed E-state index contributed by atoms with van der Waals surface area (Å²) in [5, 5.41) is 39.2. The van der Waals surface area contributed by atoms with Gasteiger partial charge in [0, 0.05) is 38.3 Å².